The van der Waals surface area contributed by atoms with E-state index in [4.69, 9.17) is 23.2 Å². The molecule has 3 aromatic carbocycles. The topological polar surface area (TPSA) is 17.0 Å². The van der Waals surface area contributed by atoms with E-state index in [0.29, 0.717) is 10.0 Å². The van der Waals surface area contributed by atoms with Crippen LogP contribution in [0.25, 0.3) is 10.9 Å². The number of benzene rings is 3. The van der Waals surface area contributed by atoms with Crippen LogP contribution >= 0.6 is 23.2 Å². The number of aromatic nitrogens is 1. The lowest BCUT2D eigenvalue weighted by atomic mass is 10.1. The summed E-state index contributed by atoms with van der Waals surface area (Å²) in [4.78, 5) is 0. The second-order valence-electron chi connectivity index (χ2n) is 7.49. The molecule has 1 heterocycles. The molecule has 29 heavy (non-hydrogen) atoms. The molecule has 1 aromatic heterocycles. The lowest BCUT2D eigenvalue weighted by Gasteiger charge is -2.11. The Bertz CT molecular complexity index is 1140. The Hall–Kier alpha value is -2.26. The third-order valence-electron chi connectivity index (χ3n) is 5.46. The molecule has 0 aliphatic heterocycles. The summed E-state index contributed by atoms with van der Waals surface area (Å²) in [6.07, 6.45) is 0. The Kier molecular flexibility index (Phi) is 5.96. The molecular formula is C25H24Cl2N2. The van der Waals surface area contributed by atoms with Gasteiger partial charge in [0.25, 0.3) is 0 Å². The van der Waals surface area contributed by atoms with Gasteiger partial charge in [0.2, 0.25) is 0 Å². The van der Waals surface area contributed by atoms with E-state index < -0.39 is 0 Å². The van der Waals surface area contributed by atoms with Crippen LogP contribution in [-0.4, -0.2) is 4.57 Å². The van der Waals surface area contributed by atoms with Crippen LogP contribution in [0.5, 0.6) is 0 Å². The van der Waals surface area contributed by atoms with E-state index in [-0.39, 0.29) is 0 Å². The SMILES string of the molecule is Cc1ccc(CNCc2c(C)n(Cc3ccc(Cl)cc3Cl)c3ccccc23)cc1. The average molecular weight is 423 g/mol. The smallest absolute Gasteiger partial charge is 0.0493 e. The Morgan fingerprint density at radius 1 is 0.862 bits per heavy atom. The van der Waals surface area contributed by atoms with Gasteiger partial charge in [-0.2, -0.15) is 0 Å². The standard InChI is InChI=1S/C25H24Cl2N2/c1-17-7-9-19(10-8-17)14-28-15-23-18(2)29(25-6-4-3-5-22(23)25)16-20-11-12-21(26)13-24(20)27/h3-13,28H,14-16H2,1-2H3. The molecule has 0 aliphatic rings. The van der Waals surface area contributed by atoms with Gasteiger partial charge in [-0.1, -0.05) is 77.3 Å². The number of nitrogens with one attached hydrogen (secondary N) is 1. The first-order valence-electron chi connectivity index (χ1n) is 9.80. The molecule has 0 saturated carbocycles. The van der Waals surface area contributed by atoms with Crippen molar-refractivity contribution in [1.29, 1.82) is 0 Å². The molecular weight excluding hydrogens is 399 g/mol. The monoisotopic (exact) mass is 422 g/mol. The van der Waals surface area contributed by atoms with Crippen LogP contribution in [0.2, 0.25) is 10.0 Å². The summed E-state index contributed by atoms with van der Waals surface area (Å²) in [5.74, 6) is 0. The van der Waals surface area contributed by atoms with E-state index in [9.17, 15) is 0 Å². The van der Waals surface area contributed by atoms with Gasteiger partial charge in [-0.05, 0) is 48.7 Å². The Labute approximate surface area is 182 Å². The molecule has 0 saturated heterocycles. The van der Waals surface area contributed by atoms with Gasteiger partial charge in [-0.15, -0.1) is 0 Å². The maximum Gasteiger partial charge on any atom is 0.0493 e. The first-order chi connectivity index (χ1) is 14.0. The van der Waals surface area contributed by atoms with Crippen molar-refractivity contribution in [2.45, 2.75) is 33.5 Å². The highest BCUT2D eigenvalue weighted by atomic mass is 35.5. The van der Waals surface area contributed by atoms with Gasteiger partial charge in [0.05, 0.1) is 0 Å². The highest BCUT2D eigenvalue weighted by molar-refractivity contribution is 6.35. The fraction of sp³-hybridized carbons (Fsp3) is 0.200. The van der Waals surface area contributed by atoms with E-state index in [1.807, 2.05) is 18.2 Å². The number of hydrogen-bond donors (Lipinski definition) is 1. The number of nitrogens with zero attached hydrogens (tertiary/aromatic N) is 1. The van der Waals surface area contributed by atoms with Crippen molar-refractivity contribution in [3.8, 4) is 0 Å². The fourth-order valence-electron chi connectivity index (χ4n) is 3.79. The number of aryl methyl sites for hydroxylation is 1. The molecule has 0 aliphatic carbocycles. The van der Waals surface area contributed by atoms with Crippen molar-refractivity contribution in [3.63, 3.8) is 0 Å². The number of hydrogen-bond acceptors (Lipinski definition) is 1. The Morgan fingerprint density at radius 2 is 1.62 bits per heavy atom. The van der Waals surface area contributed by atoms with Crippen LogP contribution in [0.15, 0.2) is 66.7 Å². The summed E-state index contributed by atoms with van der Waals surface area (Å²) >= 11 is 12.5. The highest BCUT2D eigenvalue weighted by Gasteiger charge is 2.14. The van der Waals surface area contributed by atoms with E-state index >= 15 is 0 Å². The number of para-hydroxylation sites is 1. The van der Waals surface area contributed by atoms with E-state index in [1.54, 1.807) is 0 Å². The number of halogens is 2. The van der Waals surface area contributed by atoms with Gasteiger partial charge in [0.1, 0.15) is 0 Å². The maximum absolute atomic E-state index is 6.44. The lowest BCUT2D eigenvalue weighted by Crippen LogP contribution is -2.13. The van der Waals surface area contributed by atoms with Crippen molar-refractivity contribution in [2.75, 3.05) is 0 Å². The third kappa shape index (κ3) is 4.35. The van der Waals surface area contributed by atoms with Crippen molar-refractivity contribution >= 4 is 34.1 Å². The molecule has 148 valence electrons. The predicted octanol–water partition coefficient (Wildman–Crippen LogP) is 6.90. The minimum atomic E-state index is 0.661. The van der Waals surface area contributed by atoms with Crippen LogP contribution in [0.4, 0.5) is 0 Å². The summed E-state index contributed by atoms with van der Waals surface area (Å²) in [7, 11) is 0. The van der Waals surface area contributed by atoms with Crippen molar-refractivity contribution < 1.29 is 0 Å². The second-order valence-corrected chi connectivity index (χ2v) is 8.34. The predicted molar refractivity (Wildman–Crippen MR) is 124 cm³/mol. The zero-order valence-electron chi connectivity index (χ0n) is 16.7. The van der Waals surface area contributed by atoms with Crippen molar-refractivity contribution in [3.05, 3.63) is 105 Å². The van der Waals surface area contributed by atoms with Crippen molar-refractivity contribution in [1.82, 2.24) is 9.88 Å². The van der Waals surface area contributed by atoms with E-state index in [2.05, 4.69) is 72.3 Å². The molecule has 0 atom stereocenters. The molecule has 1 N–H and O–H groups in total. The summed E-state index contributed by atoms with van der Waals surface area (Å²) in [5, 5.41) is 6.26. The Balaban J connectivity index is 1.61. The number of rotatable bonds is 6. The Morgan fingerprint density at radius 3 is 2.38 bits per heavy atom. The normalized spacial score (nSPS) is 11.3. The molecule has 0 amide bonds. The molecule has 0 fully saturated rings. The van der Waals surface area contributed by atoms with E-state index in [0.717, 1.165) is 25.2 Å². The van der Waals surface area contributed by atoms with Crippen LogP contribution in [0.3, 0.4) is 0 Å². The summed E-state index contributed by atoms with van der Waals surface area (Å²) < 4.78 is 2.34. The van der Waals surface area contributed by atoms with Gasteiger partial charge >= 0.3 is 0 Å². The maximum atomic E-state index is 6.44. The first-order valence-corrected chi connectivity index (χ1v) is 10.6. The van der Waals surface area contributed by atoms with Gasteiger partial charge in [0.15, 0.2) is 0 Å². The lowest BCUT2D eigenvalue weighted by molar-refractivity contribution is 0.686. The molecule has 4 rings (SSSR count). The van der Waals surface area contributed by atoms with Gasteiger partial charge in [-0.3, -0.25) is 0 Å². The molecule has 2 nitrogen and oxygen atoms in total. The van der Waals surface area contributed by atoms with Crippen LogP contribution in [-0.2, 0) is 19.6 Å². The average Bonchev–Trinajstić information content (AvgIpc) is 2.97. The first kappa shape index (κ1) is 20.0. The summed E-state index contributed by atoms with van der Waals surface area (Å²) in [6.45, 7) is 6.69. The minimum absolute atomic E-state index is 0.661. The zero-order valence-corrected chi connectivity index (χ0v) is 18.2. The van der Waals surface area contributed by atoms with E-state index in [1.165, 1.54) is 33.3 Å². The molecule has 4 aromatic rings. The molecule has 0 spiro atoms. The van der Waals surface area contributed by atoms with Gasteiger partial charge in [0, 0.05) is 46.3 Å². The molecule has 0 unspecified atom stereocenters. The van der Waals surface area contributed by atoms with Gasteiger partial charge < -0.3 is 9.88 Å². The zero-order chi connectivity index (χ0) is 20.4. The largest absolute Gasteiger partial charge is 0.340 e. The minimum Gasteiger partial charge on any atom is -0.340 e. The molecule has 0 bridgehead atoms. The van der Waals surface area contributed by atoms with Crippen LogP contribution < -0.4 is 5.32 Å². The molecule has 0 radical (unpaired) electrons. The highest BCUT2D eigenvalue weighted by Crippen LogP contribution is 2.29. The number of fused-ring (bicyclic) bond motifs is 1. The third-order valence-corrected chi connectivity index (χ3v) is 6.04. The summed E-state index contributed by atoms with van der Waals surface area (Å²) in [6, 6.07) is 23.0. The van der Waals surface area contributed by atoms with Crippen LogP contribution in [0, 0.1) is 13.8 Å². The van der Waals surface area contributed by atoms with Crippen LogP contribution in [0.1, 0.15) is 27.9 Å². The summed E-state index contributed by atoms with van der Waals surface area (Å²) in [5.41, 5.74) is 7.46. The fourth-order valence-corrected chi connectivity index (χ4v) is 4.26. The molecule has 4 heteroatoms. The van der Waals surface area contributed by atoms with Crippen molar-refractivity contribution in [2.24, 2.45) is 0 Å². The quantitative estimate of drug-likeness (QED) is 0.357. The van der Waals surface area contributed by atoms with Gasteiger partial charge in [-0.25, -0.2) is 0 Å². The second kappa shape index (κ2) is 8.62.